The molecule has 43 heavy (non-hydrogen) atoms. The summed E-state index contributed by atoms with van der Waals surface area (Å²) in [5, 5.41) is 38.3. The summed E-state index contributed by atoms with van der Waals surface area (Å²) < 4.78 is 79.0. The van der Waals surface area contributed by atoms with Crippen LogP contribution in [0.25, 0.3) is 0 Å². The van der Waals surface area contributed by atoms with Crippen LogP contribution in [0.3, 0.4) is 0 Å². The number of halogens is 6. The number of rotatable bonds is 7. The van der Waals surface area contributed by atoms with Crippen molar-refractivity contribution in [2.45, 2.75) is 65.7 Å². The smallest absolute Gasteiger partial charge is 0.550 e. The van der Waals surface area contributed by atoms with Gasteiger partial charge in [0.05, 0.1) is 24.2 Å². The zero-order valence-electron chi connectivity index (χ0n) is 24.1. The number of hydrogen-bond acceptors (Lipinski definition) is 8. The summed E-state index contributed by atoms with van der Waals surface area (Å²) in [5.41, 5.74) is -1.74. The van der Waals surface area contributed by atoms with Crippen LogP contribution >= 0.6 is 0 Å². The molecule has 0 unspecified atom stereocenters. The molecule has 2 rings (SSSR count). The van der Waals surface area contributed by atoms with Crippen molar-refractivity contribution in [3.05, 3.63) is 57.6 Å². The molecular formula is C28H32CoF6N2O6. The molecule has 0 bridgehead atoms. The molecule has 2 N–H and O–H groups in total. The Labute approximate surface area is 255 Å². The summed E-state index contributed by atoms with van der Waals surface area (Å²) in [5.74, 6) is -3.47. The third-order valence-electron chi connectivity index (χ3n) is 5.06. The molecule has 0 saturated heterocycles. The number of phenolic OH excluding ortho intramolecular Hbond substituents is 2. The number of carboxylic acid groups (broad SMARTS) is 2. The number of carbonyl (C=O) groups is 2. The molecule has 0 aromatic heterocycles. The van der Waals surface area contributed by atoms with Gasteiger partial charge in [0, 0.05) is 35.5 Å². The van der Waals surface area contributed by atoms with Gasteiger partial charge in [-0.05, 0) is 61.1 Å². The van der Waals surface area contributed by atoms with Crippen molar-refractivity contribution in [1.82, 2.24) is 0 Å². The summed E-state index contributed by atoms with van der Waals surface area (Å²) in [6.45, 7) is 8.55. The second-order valence-electron chi connectivity index (χ2n) is 9.37. The van der Waals surface area contributed by atoms with Crippen LogP contribution in [0.5, 0.6) is 11.5 Å². The number of carbonyl (C=O) groups excluding carboxylic acids is 2. The van der Waals surface area contributed by atoms with E-state index in [2.05, 4.69) is 9.98 Å². The number of nitrogens with zero attached hydrogens (tertiary/aromatic N) is 2. The first kappa shape index (κ1) is 41.5. The quantitative estimate of drug-likeness (QED) is 0.254. The van der Waals surface area contributed by atoms with Crippen molar-refractivity contribution < 1.29 is 73.1 Å². The monoisotopic (exact) mass is 665 g/mol. The Hall–Kier alpha value is -3.59. The largest absolute Gasteiger partial charge is 2.00 e. The van der Waals surface area contributed by atoms with Crippen LogP contribution in [0.4, 0.5) is 26.3 Å². The third kappa shape index (κ3) is 15.4. The Balaban J connectivity index is 0. The maximum Gasteiger partial charge on any atom is 2.00 e. The standard InChI is InChI=1S/C24H26F6N2O2.2C2H4O2.Co/c1-13(2)19-9-17(23(25,26)27)7-15(21(19)33)11-31-5-6-32-12-16-8-18(24(28,29)30)10-20(14(3)4)22(16)34;2*1-2(3)4;/h7-14,33-34H,5-6H2,1-4H3;2*1H3,(H,3,4);/q;;;+2/p-2. The van der Waals surface area contributed by atoms with E-state index in [0.717, 1.165) is 50.5 Å². The van der Waals surface area contributed by atoms with Crippen molar-refractivity contribution >= 4 is 24.4 Å². The van der Waals surface area contributed by atoms with Crippen LogP contribution in [-0.4, -0.2) is 47.7 Å². The minimum atomic E-state index is -4.59. The zero-order valence-corrected chi connectivity index (χ0v) is 25.1. The van der Waals surface area contributed by atoms with E-state index in [0.29, 0.717) is 0 Å². The minimum Gasteiger partial charge on any atom is -0.550 e. The molecule has 0 fully saturated rings. The molecule has 2 aromatic carbocycles. The van der Waals surface area contributed by atoms with Crippen molar-refractivity contribution in [2.24, 2.45) is 9.98 Å². The summed E-state index contributed by atoms with van der Waals surface area (Å²) in [6, 6.07) is 3.38. The fraction of sp³-hybridized carbons (Fsp3) is 0.429. The molecule has 15 heteroatoms. The molecule has 0 aliphatic rings. The van der Waals surface area contributed by atoms with Crippen LogP contribution in [0.2, 0.25) is 0 Å². The first-order valence-corrected chi connectivity index (χ1v) is 12.3. The van der Waals surface area contributed by atoms with Gasteiger partial charge >= 0.3 is 29.1 Å². The van der Waals surface area contributed by atoms with E-state index >= 15 is 0 Å². The van der Waals surface area contributed by atoms with Gasteiger partial charge in [-0.2, -0.15) is 26.3 Å². The number of hydrogen-bond donors (Lipinski definition) is 2. The Morgan fingerprint density at radius 1 is 0.721 bits per heavy atom. The summed E-state index contributed by atoms with van der Waals surface area (Å²) in [6.07, 6.45) is -6.98. The molecule has 0 spiro atoms. The maximum absolute atomic E-state index is 13.2. The van der Waals surface area contributed by atoms with Crippen LogP contribution in [-0.2, 0) is 38.7 Å². The molecule has 0 atom stereocenters. The fourth-order valence-electron chi connectivity index (χ4n) is 3.21. The Morgan fingerprint density at radius 3 is 1.19 bits per heavy atom. The van der Waals surface area contributed by atoms with E-state index in [-0.39, 0.29) is 75.5 Å². The summed E-state index contributed by atoms with van der Waals surface area (Å²) in [7, 11) is 0. The molecule has 0 saturated carbocycles. The van der Waals surface area contributed by atoms with Gasteiger partial charge in [-0.25, -0.2) is 0 Å². The van der Waals surface area contributed by atoms with Gasteiger partial charge in [0.1, 0.15) is 11.5 Å². The Bertz CT molecular complexity index is 1170. The van der Waals surface area contributed by atoms with Gasteiger partial charge in [0.2, 0.25) is 0 Å². The number of alkyl halides is 6. The van der Waals surface area contributed by atoms with E-state index in [1.165, 1.54) is 0 Å². The molecule has 241 valence electrons. The van der Waals surface area contributed by atoms with Crippen LogP contribution in [0, 0.1) is 0 Å². The predicted octanol–water partition coefficient (Wildman–Crippen LogP) is 4.43. The third-order valence-corrected chi connectivity index (χ3v) is 5.06. The number of carboxylic acids is 2. The SMILES string of the molecule is CC(=O)[O-].CC(=O)[O-].CC(C)c1cc(C(F)(F)F)cc(C=NCCN=Cc2cc(C(F)(F)F)cc(C(C)C)c2O)c1O.[Co+2]. The Kier molecular flexibility index (Phi) is 17.5. The van der Waals surface area contributed by atoms with Crippen molar-refractivity contribution in [3.63, 3.8) is 0 Å². The average Bonchev–Trinajstić information content (AvgIpc) is 2.80. The van der Waals surface area contributed by atoms with Gasteiger partial charge in [-0.3, -0.25) is 9.98 Å². The van der Waals surface area contributed by atoms with E-state index in [4.69, 9.17) is 19.8 Å². The van der Waals surface area contributed by atoms with E-state index < -0.39 is 35.4 Å². The minimum absolute atomic E-state index is 0. The van der Waals surface area contributed by atoms with Crippen LogP contribution in [0.1, 0.15) is 86.8 Å². The normalized spacial score (nSPS) is 11.6. The molecule has 2 aromatic rings. The average molecular weight is 665 g/mol. The van der Waals surface area contributed by atoms with Crippen molar-refractivity contribution in [2.75, 3.05) is 13.1 Å². The first-order chi connectivity index (χ1) is 19.1. The number of aromatic hydroxyl groups is 2. The van der Waals surface area contributed by atoms with Crippen molar-refractivity contribution in [3.8, 4) is 11.5 Å². The molecule has 0 aliphatic carbocycles. The molecule has 1 radical (unpaired) electrons. The number of aliphatic imine (C=N–C) groups is 2. The number of aliphatic carboxylic acids is 2. The van der Waals surface area contributed by atoms with Crippen molar-refractivity contribution in [1.29, 1.82) is 0 Å². The fourth-order valence-corrected chi connectivity index (χ4v) is 3.21. The second kappa shape index (κ2) is 18.2. The zero-order chi connectivity index (χ0) is 33.0. The topological polar surface area (TPSA) is 145 Å². The molecular weight excluding hydrogens is 633 g/mol. The molecule has 0 heterocycles. The van der Waals surface area contributed by atoms with Gasteiger partial charge in [0.15, 0.2) is 0 Å². The van der Waals surface area contributed by atoms with E-state index in [1.54, 1.807) is 27.7 Å². The van der Waals surface area contributed by atoms with Gasteiger partial charge < -0.3 is 30.0 Å². The van der Waals surface area contributed by atoms with E-state index in [9.17, 15) is 36.6 Å². The first-order valence-electron chi connectivity index (χ1n) is 12.3. The summed E-state index contributed by atoms with van der Waals surface area (Å²) >= 11 is 0. The predicted molar refractivity (Wildman–Crippen MR) is 141 cm³/mol. The van der Waals surface area contributed by atoms with Crippen LogP contribution < -0.4 is 10.2 Å². The Morgan fingerprint density at radius 2 is 0.977 bits per heavy atom. The van der Waals surface area contributed by atoms with Gasteiger partial charge in [-0.15, -0.1) is 0 Å². The number of benzene rings is 2. The van der Waals surface area contributed by atoms with E-state index in [1.807, 2.05) is 0 Å². The van der Waals surface area contributed by atoms with Crippen LogP contribution in [0.15, 0.2) is 34.3 Å². The second-order valence-corrected chi connectivity index (χ2v) is 9.37. The van der Waals surface area contributed by atoms with Gasteiger partial charge in [-0.1, -0.05) is 27.7 Å². The number of phenols is 2. The maximum atomic E-state index is 13.2. The molecule has 0 amide bonds. The summed E-state index contributed by atoms with van der Waals surface area (Å²) in [4.78, 5) is 25.7. The van der Waals surface area contributed by atoms with Gasteiger partial charge in [0.25, 0.3) is 0 Å². The molecule has 8 nitrogen and oxygen atoms in total. The molecule has 0 aliphatic heterocycles.